The smallest absolute Gasteiger partial charge is 0.295 e. The van der Waals surface area contributed by atoms with Crippen molar-refractivity contribution in [3.63, 3.8) is 0 Å². The minimum Gasteiger partial charge on any atom is -0.508 e. The molecule has 0 fully saturated rings. The van der Waals surface area contributed by atoms with Gasteiger partial charge >= 0.3 is 0 Å². The maximum absolute atomic E-state index is 11.8. The minimum atomic E-state index is -0.413. The molecule has 18 heavy (non-hydrogen) atoms. The molecule has 2 aromatic rings. The lowest BCUT2D eigenvalue weighted by atomic mass is 10.2. The molecule has 0 atom stereocenters. The van der Waals surface area contributed by atoms with E-state index in [2.05, 4.69) is 20.5 Å². The van der Waals surface area contributed by atoms with Crippen molar-refractivity contribution in [2.75, 3.05) is 5.32 Å². The van der Waals surface area contributed by atoms with Crippen LogP contribution in [0.5, 0.6) is 5.75 Å². The van der Waals surface area contributed by atoms with Crippen LogP contribution in [0.15, 0.2) is 24.3 Å². The number of anilines is 1. The van der Waals surface area contributed by atoms with Gasteiger partial charge in [0.05, 0.1) is 0 Å². The van der Waals surface area contributed by atoms with E-state index in [0.29, 0.717) is 11.5 Å². The van der Waals surface area contributed by atoms with Crippen molar-refractivity contribution in [3.05, 3.63) is 35.9 Å². The molecule has 0 aliphatic heterocycles. The predicted octanol–water partition coefficient (Wildman–Crippen LogP) is 1.89. The molecule has 0 aliphatic rings. The average molecular weight is 246 g/mol. The second-order valence-electron chi connectivity index (χ2n) is 4.20. The van der Waals surface area contributed by atoms with E-state index < -0.39 is 5.91 Å². The maximum Gasteiger partial charge on any atom is 0.295 e. The van der Waals surface area contributed by atoms with E-state index in [1.807, 2.05) is 13.8 Å². The van der Waals surface area contributed by atoms with Crippen LogP contribution in [0.2, 0.25) is 0 Å². The van der Waals surface area contributed by atoms with Crippen LogP contribution in [0.3, 0.4) is 0 Å². The van der Waals surface area contributed by atoms with Gasteiger partial charge in [-0.25, -0.2) is 4.98 Å². The van der Waals surface area contributed by atoms with Crippen LogP contribution in [0.1, 0.15) is 36.2 Å². The van der Waals surface area contributed by atoms with Crippen LogP contribution in [-0.4, -0.2) is 26.2 Å². The molecule has 1 heterocycles. The first kappa shape index (κ1) is 12.1. The van der Waals surface area contributed by atoms with Gasteiger partial charge in [-0.3, -0.25) is 9.89 Å². The number of hydrogen-bond acceptors (Lipinski definition) is 4. The molecule has 0 radical (unpaired) electrons. The maximum atomic E-state index is 11.8. The summed E-state index contributed by atoms with van der Waals surface area (Å²) in [5.74, 6) is 0.604. The summed E-state index contributed by atoms with van der Waals surface area (Å²) < 4.78 is 0. The van der Waals surface area contributed by atoms with Crippen LogP contribution in [-0.2, 0) is 0 Å². The number of phenolic OH excluding ortho intramolecular Hbond substituents is 1. The Morgan fingerprint density at radius 3 is 2.83 bits per heavy atom. The van der Waals surface area contributed by atoms with Gasteiger partial charge < -0.3 is 10.4 Å². The Morgan fingerprint density at radius 1 is 1.44 bits per heavy atom. The van der Waals surface area contributed by atoms with E-state index in [1.54, 1.807) is 12.1 Å². The number of H-pyrrole nitrogens is 1. The Hall–Kier alpha value is -2.37. The van der Waals surface area contributed by atoms with Gasteiger partial charge in [0.25, 0.3) is 5.91 Å². The fourth-order valence-electron chi connectivity index (χ4n) is 1.40. The quantitative estimate of drug-likeness (QED) is 0.771. The molecule has 0 aliphatic carbocycles. The van der Waals surface area contributed by atoms with Crippen LogP contribution in [0.4, 0.5) is 5.69 Å². The van der Waals surface area contributed by atoms with Gasteiger partial charge in [-0.05, 0) is 12.1 Å². The molecule has 0 spiro atoms. The molecule has 2 rings (SSSR count). The SMILES string of the molecule is CC(C)c1nc(C(=O)Nc2cccc(O)c2)n[nH]1. The fourth-order valence-corrected chi connectivity index (χ4v) is 1.40. The number of aromatic nitrogens is 3. The van der Waals surface area contributed by atoms with Gasteiger partial charge in [0.1, 0.15) is 11.6 Å². The summed E-state index contributed by atoms with van der Waals surface area (Å²) in [6, 6.07) is 6.29. The number of nitrogens with zero attached hydrogens (tertiary/aromatic N) is 2. The zero-order chi connectivity index (χ0) is 13.1. The molecule has 6 heteroatoms. The number of amides is 1. The highest BCUT2D eigenvalue weighted by molar-refractivity contribution is 6.01. The summed E-state index contributed by atoms with van der Waals surface area (Å²) in [6.45, 7) is 3.91. The third kappa shape index (κ3) is 2.65. The van der Waals surface area contributed by atoms with Crippen molar-refractivity contribution < 1.29 is 9.90 Å². The number of nitrogens with one attached hydrogen (secondary N) is 2. The third-order valence-corrected chi connectivity index (χ3v) is 2.36. The summed E-state index contributed by atoms with van der Waals surface area (Å²) in [5.41, 5.74) is 0.496. The standard InChI is InChI=1S/C12H14N4O2/c1-7(2)10-14-11(16-15-10)12(18)13-8-4-3-5-9(17)6-8/h3-7,17H,1-2H3,(H,13,18)(H,14,15,16). The molecule has 0 bridgehead atoms. The lowest BCUT2D eigenvalue weighted by Crippen LogP contribution is -2.13. The summed E-state index contributed by atoms with van der Waals surface area (Å²) in [7, 11) is 0. The molecule has 6 nitrogen and oxygen atoms in total. The number of benzene rings is 1. The van der Waals surface area contributed by atoms with Gasteiger partial charge in [-0.15, -0.1) is 5.10 Å². The topological polar surface area (TPSA) is 90.9 Å². The molecular formula is C12H14N4O2. The summed E-state index contributed by atoms with van der Waals surface area (Å²) >= 11 is 0. The van der Waals surface area contributed by atoms with Gasteiger partial charge in [0.2, 0.25) is 5.82 Å². The molecule has 0 unspecified atom stereocenters. The van der Waals surface area contributed by atoms with Crippen molar-refractivity contribution in [2.24, 2.45) is 0 Å². The monoisotopic (exact) mass is 246 g/mol. The van der Waals surface area contributed by atoms with Crippen molar-refractivity contribution in [2.45, 2.75) is 19.8 Å². The predicted molar refractivity (Wildman–Crippen MR) is 66.5 cm³/mol. The Bertz CT molecular complexity index is 563. The van der Waals surface area contributed by atoms with Crippen LogP contribution < -0.4 is 5.32 Å². The summed E-state index contributed by atoms with van der Waals surface area (Å²) in [5, 5.41) is 18.4. The van der Waals surface area contributed by atoms with E-state index in [0.717, 1.165) is 0 Å². The number of carbonyl (C=O) groups excluding carboxylic acids is 1. The highest BCUT2D eigenvalue weighted by atomic mass is 16.3. The van der Waals surface area contributed by atoms with E-state index >= 15 is 0 Å². The molecule has 0 saturated carbocycles. The first-order valence-electron chi connectivity index (χ1n) is 5.59. The van der Waals surface area contributed by atoms with Crippen molar-refractivity contribution in [3.8, 4) is 5.75 Å². The van der Waals surface area contributed by atoms with Crippen molar-refractivity contribution in [1.29, 1.82) is 0 Å². The van der Waals surface area contributed by atoms with E-state index in [4.69, 9.17) is 0 Å². The largest absolute Gasteiger partial charge is 0.508 e. The van der Waals surface area contributed by atoms with Crippen molar-refractivity contribution in [1.82, 2.24) is 15.2 Å². The molecule has 1 aromatic carbocycles. The second kappa shape index (κ2) is 4.87. The second-order valence-corrected chi connectivity index (χ2v) is 4.20. The lowest BCUT2D eigenvalue weighted by molar-refractivity contribution is 0.101. The number of aromatic hydroxyl groups is 1. The first-order chi connectivity index (χ1) is 8.56. The number of rotatable bonds is 3. The van der Waals surface area contributed by atoms with E-state index in [-0.39, 0.29) is 17.5 Å². The van der Waals surface area contributed by atoms with E-state index in [1.165, 1.54) is 12.1 Å². The Balaban J connectivity index is 2.12. The first-order valence-corrected chi connectivity index (χ1v) is 5.59. The van der Waals surface area contributed by atoms with Crippen molar-refractivity contribution >= 4 is 11.6 Å². The zero-order valence-electron chi connectivity index (χ0n) is 10.1. The number of aromatic amines is 1. The van der Waals surface area contributed by atoms with Crippen LogP contribution >= 0.6 is 0 Å². The minimum absolute atomic E-state index is 0.0852. The highest BCUT2D eigenvalue weighted by Gasteiger charge is 2.14. The van der Waals surface area contributed by atoms with E-state index in [9.17, 15) is 9.90 Å². The third-order valence-electron chi connectivity index (χ3n) is 2.36. The molecule has 3 N–H and O–H groups in total. The Kier molecular flexibility index (Phi) is 3.27. The molecule has 1 amide bonds. The summed E-state index contributed by atoms with van der Waals surface area (Å²) in [4.78, 5) is 15.9. The average Bonchev–Trinajstić information content (AvgIpc) is 2.78. The van der Waals surface area contributed by atoms with Gasteiger partial charge in [-0.1, -0.05) is 19.9 Å². The van der Waals surface area contributed by atoms with Gasteiger partial charge in [0.15, 0.2) is 0 Å². The number of carbonyl (C=O) groups is 1. The number of phenols is 1. The molecule has 0 saturated heterocycles. The van der Waals surface area contributed by atoms with Gasteiger partial charge in [0, 0.05) is 17.7 Å². The number of hydrogen-bond donors (Lipinski definition) is 3. The summed E-state index contributed by atoms with van der Waals surface area (Å²) in [6.07, 6.45) is 0. The Morgan fingerprint density at radius 2 is 2.22 bits per heavy atom. The lowest BCUT2D eigenvalue weighted by Gasteiger charge is -2.02. The molecular weight excluding hydrogens is 232 g/mol. The molecule has 94 valence electrons. The Labute approximate surface area is 104 Å². The zero-order valence-corrected chi connectivity index (χ0v) is 10.1. The normalized spacial score (nSPS) is 10.6. The fraction of sp³-hybridized carbons (Fsp3) is 0.250. The van der Waals surface area contributed by atoms with Crippen LogP contribution in [0, 0.1) is 0 Å². The molecule has 1 aromatic heterocycles. The van der Waals surface area contributed by atoms with Crippen LogP contribution in [0.25, 0.3) is 0 Å². The van der Waals surface area contributed by atoms with Gasteiger partial charge in [-0.2, -0.15) is 0 Å². The highest BCUT2D eigenvalue weighted by Crippen LogP contribution is 2.16.